The van der Waals surface area contributed by atoms with Crippen LogP contribution < -0.4 is 10.6 Å². The van der Waals surface area contributed by atoms with E-state index < -0.39 is 0 Å². The van der Waals surface area contributed by atoms with Crippen molar-refractivity contribution in [3.63, 3.8) is 0 Å². The molecule has 0 aliphatic carbocycles. The molecule has 0 saturated carbocycles. The van der Waals surface area contributed by atoms with Crippen LogP contribution in [0.3, 0.4) is 0 Å². The first-order valence-corrected chi connectivity index (χ1v) is 9.04. The predicted molar refractivity (Wildman–Crippen MR) is 87.4 cm³/mol. The molecule has 22 heavy (non-hydrogen) atoms. The molecule has 2 amide bonds. The summed E-state index contributed by atoms with van der Waals surface area (Å²) in [6.45, 7) is 3.75. The van der Waals surface area contributed by atoms with E-state index in [-0.39, 0.29) is 17.6 Å². The molecular weight excluding hydrogens is 344 g/mol. The van der Waals surface area contributed by atoms with Crippen molar-refractivity contribution in [1.29, 1.82) is 0 Å². The second-order valence-corrected chi connectivity index (χ2v) is 7.52. The van der Waals surface area contributed by atoms with Gasteiger partial charge in [-0.15, -0.1) is 20.4 Å². The Labute approximate surface area is 139 Å². The minimum atomic E-state index is -0.187. The quantitative estimate of drug-likeness (QED) is 0.576. The van der Waals surface area contributed by atoms with Gasteiger partial charge in [-0.2, -0.15) is 0 Å². The third-order valence-electron chi connectivity index (χ3n) is 2.23. The largest absolute Gasteiger partial charge is 0.301 e. The monoisotopic (exact) mass is 358 g/mol. The van der Waals surface area contributed by atoms with Crippen LogP contribution in [0.5, 0.6) is 0 Å². The van der Waals surface area contributed by atoms with Gasteiger partial charge in [0.2, 0.25) is 22.1 Å². The van der Waals surface area contributed by atoms with Crippen LogP contribution in [0.15, 0.2) is 4.34 Å². The molecule has 0 aromatic carbocycles. The summed E-state index contributed by atoms with van der Waals surface area (Å²) in [7, 11) is 0. The van der Waals surface area contributed by atoms with Crippen LogP contribution in [0.2, 0.25) is 0 Å². The van der Waals surface area contributed by atoms with Gasteiger partial charge in [0.05, 0.1) is 5.75 Å². The van der Waals surface area contributed by atoms with Gasteiger partial charge < -0.3 is 5.32 Å². The first-order valence-electron chi connectivity index (χ1n) is 6.43. The van der Waals surface area contributed by atoms with Gasteiger partial charge >= 0.3 is 0 Å². The van der Waals surface area contributed by atoms with Crippen LogP contribution >= 0.6 is 34.4 Å². The molecule has 0 saturated heterocycles. The summed E-state index contributed by atoms with van der Waals surface area (Å²) in [5.74, 6) is -0.0802. The predicted octanol–water partition coefficient (Wildman–Crippen LogP) is 2.17. The zero-order chi connectivity index (χ0) is 15.9. The lowest BCUT2D eigenvalue weighted by Gasteiger charge is -1.98. The lowest BCUT2D eigenvalue weighted by atomic mass is 10.3. The van der Waals surface area contributed by atoms with Crippen LogP contribution in [-0.2, 0) is 9.59 Å². The van der Waals surface area contributed by atoms with E-state index in [0.29, 0.717) is 21.0 Å². The second-order valence-electron chi connectivity index (χ2n) is 4.13. The van der Waals surface area contributed by atoms with Crippen LogP contribution in [0.25, 0.3) is 0 Å². The number of nitrogens with zero attached hydrogens (tertiary/aromatic N) is 4. The third-order valence-corrected chi connectivity index (χ3v) is 4.96. The molecule has 0 fully saturated rings. The van der Waals surface area contributed by atoms with Gasteiger partial charge in [-0.3, -0.25) is 14.9 Å². The van der Waals surface area contributed by atoms with Gasteiger partial charge in [0.25, 0.3) is 0 Å². The summed E-state index contributed by atoms with van der Waals surface area (Å²) in [5.41, 5.74) is 0. The van der Waals surface area contributed by atoms with Crippen molar-refractivity contribution in [2.24, 2.45) is 0 Å². The van der Waals surface area contributed by atoms with E-state index in [4.69, 9.17) is 0 Å². The Morgan fingerprint density at radius 1 is 1.05 bits per heavy atom. The van der Waals surface area contributed by atoms with Crippen LogP contribution in [0.4, 0.5) is 10.3 Å². The minimum absolute atomic E-state index is 0.0837. The number of aromatic nitrogens is 4. The molecular formula is C11H14N6O2S3. The molecule has 2 aromatic heterocycles. The number of anilines is 2. The number of hydrogen-bond acceptors (Lipinski definition) is 9. The molecule has 0 atom stereocenters. The standard InChI is InChI=1S/C11H14N6O2S3/c1-3-4-7(18)12-10-16-17-11(22-10)20-5-8(19)13-9-15-14-6(2)21-9/h3-5H2,1-2H3,(H,12,16,18)(H,13,15,19). The number of rotatable bonds is 7. The molecule has 8 nitrogen and oxygen atoms in total. The first-order chi connectivity index (χ1) is 10.6. The normalized spacial score (nSPS) is 10.5. The summed E-state index contributed by atoms with van der Waals surface area (Å²) in [6.07, 6.45) is 1.23. The van der Waals surface area contributed by atoms with Crippen molar-refractivity contribution >= 4 is 56.5 Å². The third kappa shape index (κ3) is 5.31. The molecule has 2 aromatic rings. The first kappa shape index (κ1) is 16.8. The lowest BCUT2D eigenvalue weighted by molar-refractivity contribution is -0.116. The van der Waals surface area contributed by atoms with E-state index in [9.17, 15) is 9.59 Å². The maximum atomic E-state index is 11.8. The minimum Gasteiger partial charge on any atom is -0.301 e. The molecule has 0 aliphatic heterocycles. The van der Waals surface area contributed by atoms with Gasteiger partial charge in [-0.1, -0.05) is 41.4 Å². The van der Waals surface area contributed by atoms with Crippen molar-refractivity contribution < 1.29 is 9.59 Å². The zero-order valence-electron chi connectivity index (χ0n) is 12.0. The number of nitrogens with one attached hydrogen (secondary N) is 2. The van der Waals surface area contributed by atoms with Crippen LogP contribution in [0.1, 0.15) is 24.8 Å². The fraction of sp³-hybridized carbons (Fsp3) is 0.455. The maximum absolute atomic E-state index is 11.8. The molecule has 2 N–H and O–H groups in total. The molecule has 2 heterocycles. The summed E-state index contributed by atoms with van der Waals surface area (Å²) in [6, 6.07) is 0. The van der Waals surface area contributed by atoms with Gasteiger partial charge in [0.1, 0.15) is 5.01 Å². The number of thioether (sulfide) groups is 1. The van der Waals surface area contributed by atoms with E-state index in [2.05, 4.69) is 31.0 Å². The van der Waals surface area contributed by atoms with Crippen molar-refractivity contribution in [2.75, 3.05) is 16.4 Å². The van der Waals surface area contributed by atoms with E-state index in [1.165, 1.54) is 34.4 Å². The van der Waals surface area contributed by atoms with Gasteiger partial charge in [0.15, 0.2) is 4.34 Å². The highest BCUT2D eigenvalue weighted by atomic mass is 32.2. The summed E-state index contributed by atoms with van der Waals surface area (Å²) in [4.78, 5) is 23.2. The zero-order valence-corrected chi connectivity index (χ0v) is 14.4. The Balaban J connectivity index is 1.78. The Hall–Kier alpha value is -1.59. The van der Waals surface area contributed by atoms with Gasteiger partial charge in [-0.05, 0) is 13.3 Å². The Bertz CT molecular complexity index is 656. The van der Waals surface area contributed by atoms with E-state index >= 15 is 0 Å². The molecule has 118 valence electrons. The highest BCUT2D eigenvalue weighted by Gasteiger charge is 2.11. The van der Waals surface area contributed by atoms with E-state index in [0.717, 1.165) is 11.4 Å². The van der Waals surface area contributed by atoms with Crippen molar-refractivity contribution in [2.45, 2.75) is 31.0 Å². The number of aryl methyl sites for hydroxylation is 1. The molecule has 0 bridgehead atoms. The number of carbonyl (C=O) groups excluding carboxylic acids is 2. The summed E-state index contributed by atoms with van der Waals surface area (Å²) < 4.78 is 0.621. The highest BCUT2D eigenvalue weighted by molar-refractivity contribution is 8.01. The number of hydrogen-bond donors (Lipinski definition) is 2. The summed E-state index contributed by atoms with van der Waals surface area (Å²) >= 11 is 3.81. The van der Waals surface area contributed by atoms with Crippen LogP contribution in [0, 0.1) is 6.92 Å². The van der Waals surface area contributed by atoms with Crippen molar-refractivity contribution in [3.05, 3.63) is 5.01 Å². The Morgan fingerprint density at radius 2 is 1.73 bits per heavy atom. The number of carbonyl (C=O) groups is 2. The average Bonchev–Trinajstić information content (AvgIpc) is 3.06. The fourth-order valence-electron chi connectivity index (χ4n) is 1.36. The molecule has 0 aliphatic rings. The summed E-state index contributed by atoms with van der Waals surface area (Å²) in [5, 5.41) is 22.5. The van der Waals surface area contributed by atoms with Crippen molar-refractivity contribution in [3.8, 4) is 0 Å². The Kier molecular flexibility index (Phi) is 6.21. The van der Waals surface area contributed by atoms with Gasteiger partial charge in [-0.25, -0.2) is 0 Å². The lowest BCUT2D eigenvalue weighted by Crippen LogP contribution is -2.13. The highest BCUT2D eigenvalue weighted by Crippen LogP contribution is 2.25. The van der Waals surface area contributed by atoms with Crippen LogP contribution in [-0.4, -0.2) is 38.0 Å². The van der Waals surface area contributed by atoms with Crippen molar-refractivity contribution in [1.82, 2.24) is 20.4 Å². The average molecular weight is 358 g/mol. The molecule has 11 heteroatoms. The maximum Gasteiger partial charge on any atom is 0.236 e. The molecule has 0 spiro atoms. The van der Waals surface area contributed by atoms with E-state index in [1.54, 1.807) is 0 Å². The second kappa shape index (κ2) is 8.15. The fourth-order valence-corrected chi connectivity index (χ4v) is 3.53. The van der Waals surface area contributed by atoms with E-state index in [1.807, 2.05) is 13.8 Å². The smallest absolute Gasteiger partial charge is 0.236 e. The van der Waals surface area contributed by atoms with Gasteiger partial charge in [0, 0.05) is 6.42 Å². The Morgan fingerprint density at radius 3 is 2.41 bits per heavy atom. The number of amides is 2. The molecule has 0 radical (unpaired) electrons. The molecule has 2 rings (SSSR count). The topological polar surface area (TPSA) is 110 Å². The molecule has 0 unspecified atom stereocenters. The SMILES string of the molecule is CCCC(=O)Nc1nnc(SCC(=O)Nc2nnc(C)s2)s1.